The molecule has 0 radical (unpaired) electrons. The van der Waals surface area contributed by atoms with E-state index in [9.17, 15) is 24.0 Å². The van der Waals surface area contributed by atoms with Gasteiger partial charge in [0, 0.05) is 75.3 Å². The van der Waals surface area contributed by atoms with Gasteiger partial charge in [0.15, 0.2) is 0 Å². The van der Waals surface area contributed by atoms with Crippen molar-refractivity contribution in [3.8, 4) is 34.2 Å². The van der Waals surface area contributed by atoms with Gasteiger partial charge in [-0.05, 0) is 119 Å². The van der Waals surface area contributed by atoms with Gasteiger partial charge in [-0.3, -0.25) is 38.9 Å². The number of esters is 1. The molecule has 6 bridgehead atoms. The maximum Gasteiger partial charge on any atom is 0.324 e. The molecule has 0 saturated carbocycles. The second kappa shape index (κ2) is 21.1. The summed E-state index contributed by atoms with van der Waals surface area (Å²) in [6.07, 6.45) is 3.69. The fourth-order valence-electron chi connectivity index (χ4n) is 9.94. The van der Waals surface area contributed by atoms with Crippen LogP contribution in [-0.4, -0.2) is 137 Å². The van der Waals surface area contributed by atoms with Crippen LogP contribution in [0, 0.1) is 29.1 Å². The van der Waals surface area contributed by atoms with E-state index in [2.05, 4.69) is 78.4 Å². The fraction of sp³-hybridized carbons (Fsp3) is 0.527. The summed E-state index contributed by atoms with van der Waals surface area (Å²) >= 11 is 0. The summed E-state index contributed by atoms with van der Waals surface area (Å²) in [5, 5.41) is 5.57. The minimum atomic E-state index is -1.06. The Morgan fingerprint density at radius 3 is 2.46 bits per heavy atom. The molecule has 374 valence electrons. The Morgan fingerprint density at radius 2 is 1.74 bits per heavy atom. The molecule has 4 aromatic rings. The number of carbonyl (C=O) groups is 5. The molecule has 2 fully saturated rings. The summed E-state index contributed by atoms with van der Waals surface area (Å²) < 4.78 is 14.1. The number of ether oxygens (including phenoxy) is 2. The van der Waals surface area contributed by atoms with Crippen LogP contribution in [0.4, 0.5) is 0 Å². The van der Waals surface area contributed by atoms with Crippen LogP contribution in [0.3, 0.4) is 0 Å². The third-order valence-corrected chi connectivity index (χ3v) is 14.5. The van der Waals surface area contributed by atoms with Gasteiger partial charge < -0.3 is 29.2 Å². The number of nitrogens with one attached hydrogen (secondary N) is 2. The topological polar surface area (TPSA) is 159 Å². The molecular weight excluding hydrogens is 885 g/mol. The van der Waals surface area contributed by atoms with Gasteiger partial charge in [0.2, 0.25) is 11.8 Å². The summed E-state index contributed by atoms with van der Waals surface area (Å²) in [7, 11) is 9.16. The summed E-state index contributed by atoms with van der Waals surface area (Å²) in [4.78, 5) is 80.4. The number of amides is 4. The number of pyridine rings is 1. The SMILES string of the molecule is CO[C@@H](C)c1ncccc1-c1c2c3cc(ccc3n1C)-c1cccc(c1)C[C@H](NC(=O)[C@H](C(C)C)N(C)C(=O)[C@H]1CCN(C(=O)C#CC(C)(C)N(C)C)C1)C(=O)N1CCC[C@H](N1)C(=O)OCC(C)(C)C2. The first-order valence-electron chi connectivity index (χ1n) is 24.6. The molecule has 0 unspecified atom stereocenters. The Bertz CT molecular complexity index is 2690. The Morgan fingerprint density at radius 1 is 1.00 bits per heavy atom. The number of carbonyl (C=O) groups excluding carboxylic acids is 5. The van der Waals surface area contributed by atoms with Crippen molar-refractivity contribution in [1.82, 2.24) is 40.0 Å². The van der Waals surface area contributed by atoms with Crippen LogP contribution < -0.4 is 10.7 Å². The highest BCUT2D eigenvalue weighted by molar-refractivity contribution is 5.97. The molecule has 2 aromatic carbocycles. The van der Waals surface area contributed by atoms with E-state index in [4.69, 9.17) is 14.5 Å². The first kappa shape index (κ1) is 51.8. The summed E-state index contributed by atoms with van der Waals surface area (Å²) in [6.45, 7) is 14.8. The van der Waals surface area contributed by atoms with Crippen molar-refractivity contribution in [1.29, 1.82) is 0 Å². The summed E-state index contributed by atoms with van der Waals surface area (Å²) in [5.74, 6) is 3.03. The van der Waals surface area contributed by atoms with Crippen molar-refractivity contribution >= 4 is 40.5 Å². The lowest BCUT2D eigenvalue weighted by Crippen LogP contribution is -2.62. The Kier molecular flexibility index (Phi) is 15.6. The van der Waals surface area contributed by atoms with Crippen LogP contribution >= 0.6 is 0 Å². The minimum Gasteiger partial charge on any atom is -0.464 e. The van der Waals surface area contributed by atoms with E-state index >= 15 is 0 Å². The molecule has 2 saturated heterocycles. The van der Waals surface area contributed by atoms with Gasteiger partial charge in [-0.15, -0.1) is 0 Å². The summed E-state index contributed by atoms with van der Waals surface area (Å²) in [5.41, 5.74) is 9.81. The monoisotopic (exact) mass is 957 g/mol. The predicted octanol–water partition coefficient (Wildman–Crippen LogP) is 5.94. The van der Waals surface area contributed by atoms with Crippen molar-refractivity contribution < 1.29 is 33.4 Å². The maximum absolute atomic E-state index is 14.8. The lowest BCUT2D eigenvalue weighted by Gasteiger charge is -2.37. The molecule has 4 amide bonds. The molecule has 15 heteroatoms. The lowest BCUT2D eigenvalue weighted by molar-refractivity contribution is -0.155. The van der Waals surface area contributed by atoms with E-state index in [0.717, 1.165) is 50.1 Å². The predicted molar refractivity (Wildman–Crippen MR) is 271 cm³/mol. The molecule has 0 aliphatic carbocycles. The third kappa shape index (κ3) is 11.1. The molecule has 7 rings (SSSR count). The van der Waals surface area contributed by atoms with E-state index < -0.39 is 52.8 Å². The molecule has 15 nitrogen and oxygen atoms in total. The average molecular weight is 957 g/mol. The first-order valence-corrected chi connectivity index (χ1v) is 24.6. The molecule has 2 aromatic heterocycles. The number of hydrogen-bond acceptors (Lipinski definition) is 10. The van der Waals surface area contributed by atoms with Crippen LogP contribution in [0.15, 0.2) is 60.8 Å². The van der Waals surface area contributed by atoms with E-state index in [0.29, 0.717) is 38.8 Å². The van der Waals surface area contributed by atoms with Gasteiger partial charge in [-0.25, -0.2) is 5.43 Å². The number of aromatic nitrogens is 2. The van der Waals surface area contributed by atoms with Crippen molar-refractivity contribution in [3.05, 3.63) is 77.6 Å². The number of fused-ring (bicyclic) bond motifs is 6. The molecule has 2 N–H and O–H groups in total. The van der Waals surface area contributed by atoms with Gasteiger partial charge in [-0.2, -0.15) is 0 Å². The third-order valence-electron chi connectivity index (χ3n) is 14.5. The number of benzene rings is 2. The van der Waals surface area contributed by atoms with Gasteiger partial charge in [-0.1, -0.05) is 63.9 Å². The van der Waals surface area contributed by atoms with E-state index in [1.54, 1.807) is 25.3 Å². The average Bonchev–Trinajstić information content (AvgIpc) is 3.93. The van der Waals surface area contributed by atoms with Gasteiger partial charge in [0.25, 0.3) is 11.8 Å². The van der Waals surface area contributed by atoms with Crippen molar-refractivity contribution in [2.24, 2.45) is 24.3 Å². The van der Waals surface area contributed by atoms with Gasteiger partial charge in [0.1, 0.15) is 18.1 Å². The minimum absolute atomic E-state index is 0.129. The largest absolute Gasteiger partial charge is 0.464 e. The molecule has 3 aliphatic heterocycles. The summed E-state index contributed by atoms with van der Waals surface area (Å²) in [6, 6.07) is 15.7. The number of aryl methyl sites for hydroxylation is 1. The van der Waals surface area contributed by atoms with E-state index in [1.165, 1.54) is 9.91 Å². The normalized spacial score (nSPS) is 20.6. The number of likely N-dealkylation sites (tertiary alicyclic amines) is 1. The van der Waals surface area contributed by atoms with Crippen LogP contribution in [0.5, 0.6) is 0 Å². The fourth-order valence-corrected chi connectivity index (χ4v) is 9.94. The highest BCUT2D eigenvalue weighted by atomic mass is 16.5. The number of nitrogens with zero attached hydrogens (tertiary/aromatic N) is 6. The van der Waals surface area contributed by atoms with Crippen LogP contribution in [0.25, 0.3) is 33.3 Å². The quantitative estimate of drug-likeness (QED) is 0.152. The Labute approximate surface area is 413 Å². The van der Waals surface area contributed by atoms with Crippen LogP contribution in [0.1, 0.15) is 90.7 Å². The number of hydrogen-bond donors (Lipinski definition) is 2. The second-order valence-electron chi connectivity index (χ2n) is 21.2. The molecule has 5 heterocycles. The highest BCUT2D eigenvalue weighted by Crippen LogP contribution is 2.41. The number of hydrazine groups is 1. The van der Waals surface area contributed by atoms with Crippen LogP contribution in [0.2, 0.25) is 0 Å². The maximum atomic E-state index is 14.8. The zero-order valence-electron chi connectivity index (χ0n) is 43.1. The Balaban J connectivity index is 1.22. The van der Waals surface area contributed by atoms with Crippen molar-refractivity contribution in [3.63, 3.8) is 0 Å². The number of likely N-dealkylation sites (N-methyl/N-ethyl adjacent to an activating group) is 1. The van der Waals surface area contributed by atoms with E-state index in [-0.39, 0.29) is 43.4 Å². The number of rotatable bonds is 9. The van der Waals surface area contributed by atoms with Crippen molar-refractivity contribution in [2.75, 3.05) is 54.5 Å². The molecule has 70 heavy (non-hydrogen) atoms. The zero-order valence-corrected chi connectivity index (χ0v) is 43.1. The smallest absolute Gasteiger partial charge is 0.324 e. The van der Waals surface area contributed by atoms with Gasteiger partial charge >= 0.3 is 5.97 Å². The van der Waals surface area contributed by atoms with Crippen molar-refractivity contribution in [2.45, 2.75) is 110 Å². The molecule has 0 spiro atoms. The standard InChI is InChI=1S/C55H72N8O7/c1-34(2)48(61(11)51(66)39-23-27-62(32-39)46(64)22-24-55(6,7)59(8)9)50(65)57-44-29-36-16-13-17-37(28-36)38-20-21-45-41(30-38)42(49(60(45)10)40-18-14-25-56-47(40)35(3)69-12)31-54(4,5)33-70-53(68)43-19-15-26-63(58-43)52(44)67/h13-14,16-18,20-21,25,28,30,34-35,39,43-44,48,58H,15,19,23,26-27,29,31-33H2,1-12H3,(H,57,65)/t35-,39-,43-,44-,48-/m0/s1. The highest BCUT2D eigenvalue weighted by Gasteiger charge is 2.40. The van der Waals surface area contributed by atoms with E-state index in [1.807, 2.05) is 77.9 Å². The Hall–Kier alpha value is -6.08. The molecule has 3 aliphatic rings. The molecule has 5 atom stereocenters. The zero-order chi connectivity index (χ0) is 50.8. The number of cyclic esters (lactones) is 1. The lowest BCUT2D eigenvalue weighted by atomic mass is 9.84. The van der Waals surface area contributed by atoms with Gasteiger partial charge in [0.05, 0.1) is 35.6 Å². The molecular formula is C55H72N8O7. The van der Waals surface area contributed by atoms with Crippen LogP contribution in [-0.2, 0) is 53.3 Å². The first-order chi connectivity index (χ1) is 33.1. The number of methoxy groups -OCH3 is 1. The second-order valence-corrected chi connectivity index (χ2v) is 21.2.